The van der Waals surface area contributed by atoms with Crippen molar-refractivity contribution in [2.75, 3.05) is 13.1 Å². The van der Waals surface area contributed by atoms with Crippen LogP contribution in [0.15, 0.2) is 0 Å². The van der Waals surface area contributed by atoms with Crippen molar-refractivity contribution in [2.24, 2.45) is 0 Å². The molecule has 0 radical (unpaired) electrons. The second-order valence-electron chi connectivity index (χ2n) is 5.24. The number of nitrogens with one attached hydrogen (secondary N) is 1. The van der Waals surface area contributed by atoms with E-state index >= 15 is 0 Å². The molecule has 18 heavy (non-hydrogen) atoms. The van der Waals surface area contributed by atoms with Crippen LogP contribution in [0.1, 0.15) is 84.0 Å². The first kappa shape index (κ1) is 17.5. The zero-order chi connectivity index (χ0) is 13.3. The summed E-state index contributed by atoms with van der Waals surface area (Å²) in [6.45, 7) is 4.40. The fraction of sp³-hybridized carbons (Fsp3) is 0.882. The SMILES string of the molecule is C#CCCNCCCCCCCCCCCCC. The lowest BCUT2D eigenvalue weighted by Gasteiger charge is -2.03. The van der Waals surface area contributed by atoms with Crippen molar-refractivity contribution in [1.82, 2.24) is 5.32 Å². The van der Waals surface area contributed by atoms with E-state index in [1.54, 1.807) is 0 Å². The topological polar surface area (TPSA) is 12.0 Å². The molecule has 0 aliphatic rings. The Labute approximate surface area is 115 Å². The van der Waals surface area contributed by atoms with E-state index in [4.69, 9.17) is 6.42 Å². The maximum Gasteiger partial charge on any atom is 0.0211 e. The fourth-order valence-corrected chi connectivity index (χ4v) is 2.20. The van der Waals surface area contributed by atoms with Gasteiger partial charge < -0.3 is 5.32 Å². The van der Waals surface area contributed by atoms with Crippen molar-refractivity contribution in [1.29, 1.82) is 0 Å². The van der Waals surface area contributed by atoms with Crippen LogP contribution in [-0.2, 0) is 0 Å². The monoisotopic (exact) mass is 251 g/mol. The molecule has 0 aliphatic heterocycles. The predicted molar refractivity (Wildman–Crippen MR) is 82.8 cm³/mol. The van der Waals surface area contributed by atoms with Gasteiger partial charge in [-0.15, -0.1) is 12.3 Å². The Kier molecular flexibility index (Phi) is 16.1. The largest absolute Gasteiger partial charge is 0.316 e. The molecule has 1 nitrogen and oxygen atoms in total. The molecule has 0 aromatic heterocycles. The van der Waals surface area contributed by atoms with Gasteiger partial charge in [-0.05, 0) is 13.0 Å². The second kappa shape index (κ2) is 16.5. The summed E-state index contributed by atoms with van der Waals surface area (Å²) < 4.78 is 0. The van der Waals surface area contributed by atoms with Gasteiger partial charge >= 0.3 is 0 Å². The maximum atomic E-state index is 5.19. The van der Waals surface area contributed by atoms with Crippen LogP contribution in [0.2, 0.25) is 0 Å². The van der Waals surface area contributed by atoms with Gasteiger partial charge in [-0.2, -0.15) is 0 Å². The van der Waals surface area contributed by atoms with Crippen LogP contribution >= 0.6 is 0 Å². The lowest BCUT2D eigenvalue weighted by atomic mass is 10.1. The third-order valence-electron chi connectivity index (χ3n) is 3.40. The first-order valence-electron chi connectivity index (χ1n) is 8.06. The third-order valence-corrected chi connectivity index (χ3v) is 3.40. The van der Waals surface area contributed by atoms with Crippen LogP contribution in [0.3, 0.4) is 0 Å². The molecule has 1 heteroatoms. The molecular formula is C17H33N. The zero-order valence-corrected chi connectivity index (χ0v) is 12.5. The van der Waals surface area contributed by atoms with E-state index in [-0.39, 0.29) is 0 Å². The Hall–Kier alpha value is -0.480. The van der Waals surface area contributed by atoms with Gasteiger partial charge in [0.1, 0.15) is 0 Å². The van der Waals surface area contributed by atoms with Crippen molar-refractivity contribution in [3.8, 4) is 12.3 Å². The van der Waals surface area contributed by atoms with E-state index in [0.717, 1.165) is 19.5 Å². The van der Waals surface area contributed by atoms with Crippen LogP contribution in [0, 0.1) is 12.3 Å². The van der Waals surface area contributed by atoms with Gasteiger partial charge in [0.25, 0.3) is 0 Å². The lowest BCUT2D eigenvalue weighted by Crippen LogP contribution is -2.15. The van der Waals surface area contributed by atoms with Gasteiger partial charge in [-0.25, -0.2) is 0 Å². The van der Waals surface area contributed by atoms with E-state index in [0.29, 0.717) is 0 Å². The molecule has 0 atom stereocenters. The normalized spacial score (nSPS) is 10.4. The minimum absolute atomic E-state index is 0.859. The second-order valence-corrected chi connectivity index (χ2v) is 5.24. The van der Waals surface area contributed by atoms with E-state index in [1.807, 2.05) is 0 Å². The Morgan fingerprint density at radius 1 is 0.722 bits per heavy atom. The van der Waals surface area contributed by atoms with E-state index in [9.17, 15) is 0 Å². The van der Waals surface area contributed by atoms with Crippen LogP contribution in [0.4, 0.5) is 0 Å². The molecule has 106 valence electrons. The van der Waals surface area contributed by atoms with Gasteiger partial charge in [0.2, 0.25) is 0 Å². The van der Waals surface area contributed by atoms with Crippen molar-refractivity contribution in [3.05, 3.63) is 0 Å². The Bertz CT molecular complexity index is 181. The van der Waals surface area contributed by atoms with Crippen LogP contribution in [-0.4, -0.2) is 13.1 Å². The van der Waals surface area contributed by atoms with Gasteiger partial charge in [-0.3, -0.25) is 0 Å². The predicted octanol–water partition coefficient (Wildman–Crippen LogP) is 4.91. The number of hydrogen-bond donors (Lipinski definition) is 1. The summed E-state index contributed by atoms with van der Waals surface area (Å²) in [6, 6.07) is 0. The highest BCUT2D eigenvalue weighted by Gasteiger charge is 1.93. The molecule has 0 saturated carbocycles. The first-order chi connectivity index (χ1) is 8.91. The average molecular weight is 251 g/mol. The van der Waals surface area contributed by atoms with Crippen molar-refractivity contribution < 1.29 is 0 Å². The molecule has 0 spiro atoms. The first-order valence-corrected chi connectivity index (χ1v) is 8.06. The van der Waals surface area contributed by atoms with Gasteiger partial charge in [0, 0.05) is 13.0 Å². The number of rotatable bonds is 14. The molecule has 0 bridgehead atoms. The Morgan fingerprint density at radius 3 is 1.72 bits per heavy atom. The summed E-state index contributed by atoms with van der Waals surface area (Å²) in [6.07, 6.45) is 21.6. The number of terminal acetylenes is 1. The van der Waals surface area contributed by atoms with Crippen LogP contribution in [0.25, 0.3) is 0 Å². The van der Waals surface area contributed by atoms with E-state index in [1.165, 1.54) is 70.6 Å². The van der Waals surface area contributed by atoms with Crippen molar-refractivity contribution in [2.45, 2.75) is 84.0 Å². The molecular weight excluding hydrogens is 218 g/mol. The zero-order valence-electron chi connectivity index (χ0n) is 12.5. The maximum absolute atomic E-state index is 5.19. The van der Waals surface area contributed by atoms with E-state index < -0.39 is 0 Å². The molecule has 0 fully saturated rings. The quantitative estimate of drug-likeness (QED) is 0.342. The van der Waals surface area contributed by atoms with Crippen LogP contribution < -0.4 is 5.32 Å². The smallest absolute Gasteiger partial charge is 0.0211 e. The molecule has 0 heterocycles. The summed E-state index contributed by atoms with van der Waals surface area (Å²) in [4.78, 5) is 0. The summed E-state index contributed by atoms with van der Waals surface area (Å²) in [5, 5.41) is 3.37. The lowest BCUT2D eigenvalue weighted by molar-refractivity contribution is 0.540. The third kappa shape index (κ3) is 15.5. The standard InChI is InChI=1S/C17H33N/c1-3-5-7-8-9-10-11-12-13-14-15-17-18-16-6-4-2/h2,18H,3,5-17H2,1H3. The molecule has 0 amide bonds. The highest BCUT2D eigenvalue weighted by molar-refractivity contribution is 4.83. The highest BCUT2D eigenvalue weighted by atomic mass is 14.8. The van der Waals surface area contributed by atoms with Gasteiger partial charge in [-0.1, -0.05) is 71.1 Å². The average Bonchev–Trinajstić information content (AvgIpc) is 2.39. The summed E-state index contributed by atoms with van der Waals surface area (Å²) in [7, 11) is 0. The van der Waals surface area contributed by atoms with Crippen molar-refractivity contribution in [3.63, 3.8) is 0 Å². The van der Waals surface area contributed by atoms with E-state index in [2.05, 4.69) is 18.2 Å². The molecule has 0 unspecified atom stereocenters. The molecule has 0 aromatic carbocycles. The summed E-state index contributed by atoms with van der Waals surface area (Å²) in [5.74, 6) is 2.65. The fourth-order valence-electron chi connectivity index (χ4n) is 2.20. The van der Waals surface area contributed by atoms with Crippen LogP contribution in [0.5, 0.6) is 0 Å². The molecule has 0 rings (SSSR count). The number of hydrogen-bond acceptors (Lipinski definition) is 1. The summed E-state index contributed by atoms with van der Waals surface area (Å²) in [5.41, 5.74) is 0. The Morgan fingerprint density at radius 2 is 1.22 bits per heavy atom. The Balaban J connectivity index is 2.89. The summed E-state index contributed by atoms with van der Waals surface area (Å²) >= 11 is 0. The van der Waals surface area contributed by atoms with Gasteiger partial charge in [0.15, 0.2) is 0 Å². The minimum atomic E-state index is 0.859. The minimum Gasteiger partial charge on any atom is -0.316 e. The van der Waals surface area contributed by atoms with Gasteiger partial charge in [0.05, 0.1) is 0 Å². The molecule has 1 N–H and O–H groups in total. The molecule has 0 saturated heterocycles. The molecule has 0 aliphatic carbocycles. The number of unbranched alkanes of at least 4 members (excludes halogenated alkanes) is 10. The highest BCUT2D eigenvalue weighted by Crippen LogP contribution is 2.10. The molecule has 0 aromatic rings. The van der Waals surface area contributed by atoms with Crippen molar-refractivity contribution >= 4 is 0 Å².